The Morgan fingerprint density at radius 1 is 0.917 bits per heavy atom. The average Bonchev–Trinajstić information content (AvgIpc) is 2.84. The standard InChI is InChI=1S/C27H47N3O5P/c1-5-6-7-8-9-10-11-12-13-14-15-16-17-18-25(31)26(30(2,3)4)27(35-28)36(34)24-21-19-23(20-22-24)29(32)33/h19-22,26H,5-18,28H2,1-4H3/q+1. The number of likely N-dealkylation sites (N-methyl/N-ethyl adjacent to an activating group) is 1. The molecular formula is C27H47N3O5P+. The maximum absolute atomic E-state index is 13.2. The van der Waals surface area contributed by atoms with E-state index in [2.05, 4.69) is 6.92 Å². The molecule has 0 aromatic heterocycles. The van der Waals surface area contributed by atoms with Crippen LogP contribution in [-0.4, -0.2) is 47.9 Å². The van der Waals surface area contributed by atoms with Gasteiger partial charge in [-0.25, -0.2) is 10.7 Å². The third kappa shape index (κ3) is 12.0. The number of ketones is 1. The molecule has 0 spiro atoms. The molecule has 0 bridgehead atoms. The third-order valence-electron chi connectivity index (χ3n) is 6.46. The van der Waals surface area contributed by atoms with Crippen molar-refractivity contribution in [3.63, 3.8) is 0 Å². The topological polar surface area (TPSA) is 119 Å². The van der Waals surface area contributed by atoms with Crippen LogP contribution in [-0.2, 0) is 9.63 Å². The van der Waals surface area contributed by atoms with E-state index in [1.807, 2.05) is 21.1 Å². The molecule has 0 radical (unpaired) electrons. The van der Waals surface area contributed by atoms with Crippen LogP contribution in [0.1, 0.15) is 96.8 Å². The lowest BCUT2D eigenvalue weighted by Crippen LogP contribution is -2.55. The third-order valence-corrected chi connectivity index (χ3v) is 7.97. The number of unbranched alkanes of at least 4 members (excludes halogenated alkanes) is 12. The minimum atomic E-state index is -2.28. The summed E-state index contributed by atoms with van der Waals surface area (Å²) in [5.41, 5.74) is -0.0925. The monoisotopic (exact) mass is 524 g/mol. The predicted octanol–water partition coefficient (Wildman–Crippen LogP) is 5.12. The summed E-state index contributed by atoms with van der Waals surface area (Å²) in [6, 6.07) is 4.62. The smallest absolute Gasteiger partial charge is 0.310 e. The first-order chi connectivity index (χ1) is 17.1. The Kier molecular flexibility index (Phi) is 15.9. The highest BCUT2D eigenvalue weighted by atomic mass is 31.1. The van der Waals surface area contributed by atoms with Crippen LogP contribution in [0.25, 0.3) is 0 Å². The SMILES string of the molecule is CCCCCCCCCCCCCCCC(=O)C(C(ON)=[P+]([O-])c1ccc([N+](=O)[O-])cc1)[N+](C)(C)C. The van der Waals surface area contributed by atoms with Gasteiger partial charge in [0, 0.05) is 18.6 Å². The van der Waals surface area contributed by atoms with E-state index < -0.39 is 18.7 Å². The van der Waals surface area contributed by atoms with E-state index in [1.165, 1.54) is 88.5 Å². The van der Waals surface area contributed by atoms with E-state index in [9.17, 15) is 19.8 Å². The molecule has 0 aliphatic heterocycles. The number of quaternary nitrogens is 1. The number of hydrogen-bond donors (Lipinski definition) is 1. The van der Waals surface area contributed by atoms with Crippen LogP contribution in [0.4, 0.5) is 5.69 Å². The van der Waals surface area contributed by atoms with Gasteiger partial charge in [-0.15, -0.1) is 0 Å². The number of nitrogens with two attached hydrogens (primary N) is 1. The van der Waals surface area contributed by atoms with Gasteiger partial charge in [0.15, 0.2) is 0 Å². The van der Waals surface area contributed by atoms with E-state index in [0.29, 0.717) is 11.7 Å². The normalized spacial score (nSPS) is 13.4. The van der Waals surface area contributed by atoms with Crippen LogP contribution in [0, 0.1) is 10.1 Å². The number of benzene rings is 1. The fraction of sp³-hybridized carbons (Fsp3) is 0.704. The Morgan fingerprint density at radius 3 is 1.75 bits per heavy atom. The first kappa shape index (κ1) is 32.3. The van der Waals surface area contributed by atoms with Crippen LogP contribution in [0.5, 0.6) is 0 Å². The highest BCUT2D eigenvalue weighted by Crippen LogP contribution is 2.24. The molecule has 9 heteroatoms. The zero-order valence-corrected chi connectivity index (χ0v) is 23.6. The van der Waals surface area contributed by atoms with Gasteiger partial charge in [0.1, 0.15) is 13.1 Å². The average molecular weight is 525 g/mol. The van der Waals surface area contributed by atoms with Crippen molar-refractivity contribution in [3.8, 4) is 0 Å². The predicted molar refractivity (Wildman–Crippen MR) is 147 cm³/mol. The molecule has 2 unspecified atom stereocenters. The highest BCUT2D eigenvalue weighted by molar-refractivity contribution is 7.59. The minimum Gasteiger partial charge on any atom is -0.624 e. The largest absolute Gasteiger partial charge is 0.624 e. The molecule has 204 valence electrons. The van der Waals surface area contributed by atoms with Gasteiger partial charge in [-0.3, -0.25) is 14.9 Å². The Balaban J connectivity index is 2.55. The number of carbonyl (C=O) groups excluding carboxylic acids is 1. The molecule has 1 rings (SSSR count). The molecule has 1 aromatic carbocycles. The summed E-state index contributed by atoms with van der Waals surface area (Å²) in [5.74, 6) is 5.45. The van der Waals surface area contributed by atoms with Crippen molar-refractivity contribution in [2.75, 3.05) is 21.1 Å². The molecule has 0 saturated heterocycles. The lowest BCUT2D eigenvalue weighted by atomic mass is 10.0. The van der Waals surface area contributed by atoms with Crippen molar-refractivity contribution in [1.82, 2.24) is 0 Å². The first-order valence-electron chi connectivity index (χ1n) is 13.4. The van der Waals surface area contributed by atoms with Gasteiger partial charge in [-0.2, -0.15) is 0 Å². The fourth-order valence-electron chi connectivity index (χ4n) is 4.42. The van der Waals surface area contributed by atoms with Crippen LogP contribution in [0.15, 0.2) is 24.3 Å². The van der Waals surface area contributed by atoms with Crippen molar-refractivity contribution in [2.45, 2.75) is 103 Å². The van der Waals surface area contributed by atoms with E-state index in [1.54, 1.807) is 0 Å². The molecule has 2 atom stereocenters. The molecule has 0 fully saturated rings. The number of hydrogen-bond acceptors (Lipinski definition) is 6. The van der Waals surface area contributed by atoms with Crippen LogP contribution in [0.2, 0.25) is 0 Å². The van der Waals surface area contributed by atoms with Crippen LogP contribution >= 0.6 is 7.77 Å². The van der Waals surface area contributed by atoms with Crippen LogP contribution < -0.4 is 16.1 Å². The van der Waals surface area contributed by atoms with Crippen LogP contribution in [0.3, 0.4) is 0 Å². The first-order valence-corrected chi connectivity index (χ1v) is 14.7. The summed E-state index contributed by atoms with van der Waals surface area (Å²) in [5, 5.41) is 11.2. The zero-order chi connectivity index (χ0) is 27.0. The summed E-state index contributed by atoms with van der Waals surface area (Å²) in [4.78, 5) is 41.8. The fourth-order valence-corrected chi connectivity index (χ4v) is 5.90. The number of carbonyl (C=O) groups is 1. The van der Waals surface area contributed by atoms with Crippen molar-refractivity contribution >= 4 is 30.0 Å². The number of non-ortho nitro benzene ring substituents is 1. The number of Topliss-reactive ketones (excluding diaryl/α,β-unsaturated/α-hetero) is 1. The molecular weight excluding hydrogens is 477 g/mol. The van der Waals surface area contributed by atoms with E-state index >= 15 is 0 Å². The number of rotatable bonds is 20. The van der Waals surface area contributed by atoms with Gasteiger partial charge >= 0.3 is 5.48 Å². The minimum absolute atomic E-state index is 0.00560. The number of nitrogens with zero attached hydrogens (tertiary/aromatic N) is 2. The molecule has 1 aromatic rings. The van der Waals surface area contributed by atoms with Crippen molar-refractivity contribution < 1.29 is 23.9 Å². The number of nitro benzene ring substituents is 1. The summed E-state index contributed by atoms with van der Waals surface area (Å²) in [6.45, 7) is 2.25. The molecule has 0 heterocycles. The van der Waals surface area contributed by atoms with Gasteiger partial charge in [0.2, 0.25) is 11.8 Å². The Hall–Kier alpha value is -1.70. The van der Waals surface area contributed by atoms with E-state index in [0.717, 1.165) is 19.3 Å². The highest BCUT2D eigenvalue weighted by Gasteiger charge is 2.41. The molecule has 0 aliphatic carbocycles. The van der Waals surface area contributed by atoms with Gasteiger partial charge in [-0.1, -0.05) is 84.0 Å². The Morgan fingerprint density at radius 2 is 1.36 bits per heavy atom. The molecule has 0 amide bonds. The van der Waals surface area contributed by atoms with E-state index in [4.69, 9.17) is 10.7 Å². The lowest BCUT2D eigenvalue weighted by molar-refractivity contribution is -0.876. The van der Waals surface area contributed by atoms with Crippen molar-refractivity contribution in [2.24, 2.45) is 5.90 Å². The molecule has 0 aliphatic rings. The molecule has 2 N–H and O–H groups in total. The second kappa shape index (κ2) is 17.7. The summed E-state index contributed by atoms with van der Waals surface area (Å²) < 4.78 is 0.192. The zero-order valence-electron chi connectivity index (χ0n) is 22.7. The van der Waals surface area contributed by atoms with Gasteiger partial charge in [0.25, 0.3) is 5.69 Å². The van der Waals surface area contributed by atoms with E-state index in [-0.39, 0.29) is 21.4 Å². The second-order valence-corrected chi connectivity index (χ2v) is 12.0. The maximum Gasteiger partial charge on any atom is 0.310 e. The second-order valence-electron chi connectivity index (χ2n) is 10.5. The lowest BCUT2D eigenvalue weighted by Gasteiger charge is -2.31. The Labute approximate surface area is 218 Å². The van der Waals surface area contributed by atoms with Gasteiger partial charge in [-0.05, 0) is 18.6 Å². The maximum atomic E-state index is 13.2. The quantitative estimate of drug-likeness (QED) is 0.0831. The molecule has 0 saturated carbocycles. The van der Waals surface area contributed by atoms with Gasteiger partial charge < -0.3 is 9.38 Å². The van der Waals surface area contributed by atoms with Crippen molar-refractivity contribution in [3.05, 3.63) is 34.4 Å². The number of nitro groups is 1. The molecule has 36 heavy (non-hydrogen) atoms. The van der Waals surface area contributed by atoms with Crippen molar-refractivity contribution in [1.29, 1.82) is 0 Å². The van der Waals surface area contributed by atoms with Gasteiger partial charge in [0.05, 0.1) is 26.1 Å². The summed E-state index contributed by atoms with van der Waals surface area (Å²) >= 11 is 0. The summed E-state index contributed by atoms with van der Waals surface area (Å²) in [7, 11) is 3.23. The summed E-state index contributed by atoms with van der Waals surface area (Å²) in [6.07, 6.45) is 16.4. The Bertz CT molecular complexity index is 822. The molecule has 8 nitrogen and oxygen atoms in total.